The number of amides is 1. The fourth-order valence-electron chi connectivity index (χ4n) is 4.33. The topological polar surface area (TPSA) is 237 Å². The summed E-state index contributed by atoms with van der Waals surface area (Å²) >= 11 is 0. The molecule has 1 amide bonds. The van der Waals surface area contributed by atoms with Gasteiger partial charge in [0.2, 0.25) is 5.91 Å². The van der Waals surface area contributed by atoms with Crippen LogP contribution in [0.4, 0.5) is 0 Å². The number of ether oxygens (including phenoxy) is 5. The van der Waals surface area contributed by atoms with Crippen LogP contribution in [0.3, 0.4) is 0 Å². The van der Waals surface area contributed by atoms with Crippen molar-refractivity contribution < 1.29 is 69.3 Å². The minimum absolute atomic E-state index is 0.0526. The summed E-state index contributed by atoms with van der Waals surface area (Å²) in [6.07, 6.45) is -17.1. The third-order valence-electron chi connectivity index (χ3n) is 6.19. The van der Waals surface area contributed by atoms with Gasteiger partial charge >= 0.3 is 0 Å². The van der Waals surface area contributed by atoms with Gasteiger partial charge in [0.15, 0.2) is 18.9 Å². The lowest BCUT2D eigenvalue weighted by molar-refractivity contribution is -0.371. The molecule has 3 aliphatic heterocycles. The third kappa shape index (κ3) is 6.64. The molecule has 15 heteroatoms. The van der Waals surface area contributed by atoms with E-state index in [1.165, 1.54) is 0 Å². The molecule has 15 nitrogen and oxygen atoms in total. The summed E-state index contributed by atoms with van der Waals surface area (Å²) < 4.78 is 27.8. The van der Waals surface area contributed by atoms with Gasteiger partial charge in [-0.1, -0.05) is 0 Å². The highest BCUT2D eigenvalue weighted by atomic mass is 16.8. The van der Waals surface area contributed by atoms with Crippen LogP contribution in [0.15, 0.2) is 0 Å². The molecule has 204 valence electrons. The molecule has 0 aliphatic carbocycles. The van der Waals surface area contributed by atoms with Crippen LogP contribution in [0, 0.1) is 0 Å². The second-order valence-corrected chi connectivity index (χ2v) is 8.86. The fraction of sp³-hybridized carbons (Fsp3) is 0.950. The second kappa shape index (κ2) is 12.5. The quantitative estimate of drug-likeness (QED) is 0.147. The number of hydrogen-bond acceptors (Lipinski definition) is 14. The van der Waals surface area contributed by atoms with E-state index in [1.54, 1.807) is 0 Å². The van der Waals surface area contributed by atoms with Gasteiger partial charge in [-0.2, -0.15) is 0 Å². The van der Waals surface area contributed by atoms with Gasteiger partial charge in [0.25, 0.3) is 0 Å². The average Bonchev–Trinajstić information content (AvgIpc) is 2.81. The van der Waals surface area contributed by atoms with E-state index < -0.39 is 92.4 Å². The van der Waals surface area contributed by atoms with Gasteiger partial charge < -0.3 is 69.9 Å². The lowest BCUT2D eigenvalue weighted by Gasteiger charge is -2.48. The summed E-state index contributed by atoms with van der Waals surface area (Å²) in [4.78, 5) is 11.7. The zero-order chi connectivity index (χ0) is 25.9. The highest BCUT2D eigenvalue weighted by molar-refractivity contribution is 5.73. The molecule has 0 unspecified atom stereocenters. The van der Waals surface area contributed by atoms with Gasteiger partial charge in [0.05, 0.1) is 25.4 Å². The minimum Gasteiger partial charge on any atom is -0.396 e. The molecular formula is C20H35NO14. The first-order chi connectivity index (χ1) is 16.6. The monoisotopic (exact) mass is 513 g/mol. The molecule has 13 atom stereocenters. The molecule has 0 saturated carbocycles. The van der Waals surface area contributed by atoms with E-state index in [4.69, 9.17) is 23.7 Å². The highest BCUT2D eigenvalue weighted by Gasteiger charge is 2.52. The van der Waals surface area contributed by atoms with Crippen LogP contribution in [-0.2, 0) is 28.5 Å². The van der Waals surface area contributed by atoms with Gasteiger partial charge in [-0.3, -0.25) is 4.79 Å². The van der Waals surface area contributed by atoms with E-state index in [0.29, 0.717) is 0 Å². The maximum atomic E-state index is 11.7. The van der Waals surface area contributed by atoms with Crippen LogP contribution >= 0.6 is 0 Å². The Hall–Kier alpha value is -1.05. The molecule has 0 aromatic carbocycles. The molecule has 0 aromatic rings. The summed E-state index contributed by atoms with van der Waals surface area (Å²) in [5.41, 5.74) is 0. The number of carbonyl (C=O) groups excluding carboxylic acids is 1. The van der Waals surface area contributed by atoms with E-state index >= 15 is 0 Å². The van der Waals surface area contributed by atoms with Crippen molar-refractivity contribution in [2.75, 3.05) is 19.8 Å². The number of rotatable bonds is 8. The smallest absolute Gasteiger partial charge is 0.217 e. The maximum absolute atomic E-state index is 11.7. The SMILES string of the molecule is CC(=O)N[C@H]1[C@H](O[C@@H]2[C@H](O[C@H]3C[C@H](O)CO[C@H]3O)O[C@@H](CCO)[C@@H](O)[C@@H]2O)O[C@H](CO)[C@@H](O)[C@@H]1O. The van der Waals surface area contributed by atoms with Gasteiger partial charge in [-0.25, -0.2) is 0 Å². The Bertz CT molecular complexity index is 686. The van der Waals surface area contributed by atoms with Gasteiger partial charge in [-0.05, 0) is 6.42 Å². The van der Waals surface area contributed by atoms with Crippen LogP contribution in [0.25, 0.3) is 0 Å². The van der Waals surface area contributed by atoms with Crippen LogP contribution in [0.5, 0.6) is 0 Å². The van der Waals surface area contributed by atoms with Crippen molar-refractivity contribution in [3.8, 4) is 0 Å². The molecule has 3 heterocycles. The summed E-state index contributed by atoms with van der Waals surface area (Å²) in [6.45, 7) is -0.0752. The lowest BCUT2D eigenvalue weighted by atomic mass is 9.95. The molecule has 3 fully saturated rings. The van der Waals surface area contributed by atoms with Crippen molar-refractivity contribution in [2.24, 2.45) is 0 Å². The van der Waals surface area contributed by atoms with Crippen molar-refractivity contribution in [1.29, 1.82) is 0 Å². The Labute approximate surface area is 200 Å². The third-order valence-corrected chi connectivity index (χ3v) is 6.19. The first-order valence-electron chi connectivity index (χ1n) is 11.4. The average molecular weight is 513 g/mol. The van der Waals surface area contributed by atoms with E-state index in [1.807, 2.05) is 0 Å². The fourth-order valence-corrected chi connectivity index (χ4v) is 4.33. The van der Waals surface area contributed by atoms with Crippen molar-refractivity contribution >= 4 is 5.91 Å². The van der Waals surface area contributed by atoms with Crippen molar-refractivity contribution in [3.63, 3.8) is 0 Å². The number of aliphatic hydroxyl groups excluding tert-OH is 8. The Balaban J connectivity index is 1.85. The Morgan fingerprint density at radius 1 is 0.914 bits per heavy atom. The van der Waals surface area contributed by atoms with Crippen molar-refractivity contribution in [2.45, 2.75) is 99.6 Å². The number of nitrogens with one attached hydrogen (secondary N) is 1. The molecule has 35 heavy (non-hydrogen) atoms. The maximum Gasteiger partial charge on any atom is 0.217 e. The molecule has 3 aliphatic rings. The van der Waals surface area contributed by atoms with Crippen molar-refractivity contribution in [1.82, 2.24) is 5.32 Å². The van der Waals surface area contributed by atoms with E-state index in [2.05, 4.69) is 5.32 Å². The van der Waals surface area contributed by atoms with Gasteiger partial charge in [0.1, 0.15) is 48.8 Å². The largest absolute Gasteiger partial charge is 0.396 e. The second-order valence-electron chi connectivity index (χ2n) is 8.86. The zero-order valence-electron chi connectivity index (χ0n) is 19.1. The first kappa shape index (κ1) is 28.5. The van der Waals surface area contributed by atoms with E-state index in [-0.39, 0.29) is 26.1 Å². The Kier molecular flexibility index (Phi) is 10.2. The van der Waals surface area contributed by atoms with Crippen LogP contribution in [-0.4, -0.2) is 146 Å². The molecule has 3 saturated heterocycles. The lowest BCUT2D eigenvalue weighted by Crippen LogP contribution is -2.67. The van der Waals surface area contributed by atoms with E-state index in [0.717, 1.165) is 6.92 Å². The minimum atomic E-state index is -1.70. The molecule has 0 spiro atoms. The number of aliphatic hydroxyl groups is 8. The number of hydrogen-bond donors (Lipinski definition) is 9. The summed E-state index contributed by atoms with van der Waals surface area (Å²) in [6, 6.07) is -1.35. The molecule has 3 rings (SSSR count). The predicted molar refractivity (Wildman–Crippen MR) is 110 cm³/mol. The normalized spacial score (nSPS) is 46.8. The molecule has 9 N–H and O–H groups in total. The highest BCUT2D eigenvalue weighted by Crippen LogP contribution is 2.32. The molecule has 0 bridgehead atoms. The van der Waals surface area contributed by atoms with Gasteiger partial charge in [0, 0.05) is 20.0 Å². The molecule has 0 radical (unpaired) electrons. The Morgan fingerprint density at radius 3 is 2.20 bits per heavy atom. The molecular weight excluding hydrogens is 478 g/mol. The number of carbonyl (C=O) groups is 1. The first-order valence-corrected chi connectivity index (χ1v) is 11.4. The summed E-state index contributed by atoms with van der Waals surface area (Å²) in [5.74, 6) is -0.603. The van der Waals surface area contributed by atoms with Gasteiger partial charge in [-0.15, -0.1) is 0 Å². The van der Waals surface area contributed by atoms with Crippen LogP contribution in [0.2, 0.25) is 0 Å². The zero-order valence-corrected chi connectivity index (χ0v) is 19.1. The predicted octanol–water partition coefficient (Wildman–Crippen LogP) is -5.37. The van der Waals surface area contributed by atoms with Crippen LogP contribution < -0.4 is 5.32 Å². The Morgan fingerprint density at radius 2 is 1.57 bits per heavy atom. The molecule has 0 aromatic heterocycles. The van der Waals surface area contributed by atoms with Crippen molar-refractivity contribution in [3.05, 3.63) is 0 Å². The summed E-state index contributed by atoms with van der Waals surface area (Å²) in [5, 5.41) is 83.2. The standard InChI is InChI=1S/C20H35NO14/c1-7(24)21-12-15(28)14(27)11(5-23)34-19(12)35-17-16(29)13(26)9(2-3-22)32-20(17)33-10-4-8(25)6-31-18(10)30/h8-20,22-23,25-30H,2-6H2,1H3,(H,21,24)/t8-,9-,10-,11+,12+,13+,14+,15+,16-,17-,18+,19-,20-/m0/s1. The summed E-state index contributed by atoms with van der Waals surface area (Å²) in [7, 11) is 0. The van der Waals surface area contributed by atoms with Crippen LogP contribution in [0.1, 0.15) is 19.8 Å². The van der Waals surface area contributed by atoms with E-state index in [9.17, 15) is 45.6 Å².